The zero-order chi connectivity index (χ0) is 14.8. The third-order valence-electron chi connectivity index (χ3n) is 2.17. The Morgan fingerprint density at radius 1 is 1.35 bits per heavy atom. The molecular weight excluding hydrogens is 266 g/mol. The summed E-state index contributed by atoms with van der Waals surface area (Å²) < 4.78 is 10.1. The van der Waals surface area contributed by atoms with Crippen LogP contribution in [0.3, 0.4) is 0 Å². The minimum absolute atomic E-state index is 0.0676. The van der Waals surface area contributed by atoms with Crippen molar-refractivity contribution < 1.29 is 19.2 Å². The van der Waals surface area contributed by atoms with Crippen molar-refractivity contribution in [2.45, 2.75) is 0 Å². The van der Waals surface area contributed by atoms with Crippen LogP contribution in [0.15, 0.2) is 29.3 Å². The van der Waals surface area contributed by atoms with Crippen molar-refractivity contribution >= 4 is 18.5 Å². The number of nitrogens with one attached hydrogen (secondary N) is 1. The molecule has 0 atom stereocenters. The van der Waals surface area contributed by atoms with Crippen molar-refractivity contribution in [3.05, 3.63) is 34.4 Å². The number of nitrogens with zero attached hydrogens (tertiary/aromatic N) is 2. The van der Waals surface area contributed by atoms with Gasteiger partial charge >= 0.3 is 6.09 Å². The molecule has 1 aromatic rings. The molecule has 108 valence electrons. The fourth-order valence-corrected chi connectivity index (χ4v) is 1.24. The Hall–Kier alpha value is -2.48. The maximum atomic E-state index is 11.4. The molecule has 1 rings (SSSR count). The van der Waals surface area contributed by atoms with Crippen LogP contribution in [-0.2, 0) is 4.74 Å². The van der Waals surface area contributed by atoms with Gasteiger partial charge in [0.15, 0.2) is 0 Å². The number of carbonyl (C=O) groups excluding carboxylic acids is 1. The average Bonchev–Trinajstić information content (AvgIpc) is 2.43. The standard InChI is InChI=1S/C12H15N3O5/c1-13-6-8-19-9-7-14-12(16)20-11-4-2-10(3-5-11)15(17)18/h2-5H,1,6-9H2,(H,14,16). The van der Waals surface area contributed by atoms with Crippen LogP contribution in [-0.4, -0.2) is 44.0 Å². The van der Waals surface area contributed by atoms with Crippen LogP contribution >= 0.6 is 0 Å². The van der Waals surface area contributed by atoms with Gasteiger partial charge in [-0.05, 0) is 18.9 Å². The molecule has 8 heteroatoms. The van der Waals surface area contributed by atoms with E-state index in [2.05, 4.69) is 17.0 Å². The Morgan fingerprint density at radius 2 is 2.05 bits per heavy atom. The second-order valence-corrected chi connectivity index (χ2v) is 3.63. The number of ether oxygens (including phenoxy) is 2. The molecule has 8 nitrogen and oxygen atoms in total. The largest absolute Gasteiger partial charge is 0.412 e. The molecule has 0 saturated heterocycles. The molecule has 1 N–H and O–H groups in total. The Balaban J connectivity index is 2.24. The fraction of sp³-hybridized carbons (Fsp3) is 0.333. The number of benzene rings is 1. The van der Waals surface area contributed by atoms with Crippen molar-refractivity contribution in [3.63, 3.8) is 0 Å². The molecule has 0 unspecified atom stereocenters. The smallest absolute Gasteiger partial charge is 0.410 e. The van der Waals surface area contributed by atoms with Gasteiger partial charge in [-0.3, -0.25) is 15.1 Å². The molecule has 0 aliphatic rings. The van der Waals surface area contributed by atoms with Crippen molar-refractivity contribution in [2.24, 2.45) is 4.99 Å². The topological polar surface area (TPSA) is 103 Å². The van der Waals surface area contributed by atoms with E-state index in [1.165, 1.54) is 24.3 Å². The lowest BCUT2D eigenvalue weighted by atomic mass is 10.3. The van der Waals surface area contributed by atoms with E-state index >= 15 is 0 Å². The normalized spacial score (nSPS) is 9.80. The van der Waals surface area contributed by atoms with Gasteiger partial charge in [0.1, 0.15) is 5.75 Å². The predicted molar refractivity (Wildman–Crippen MR) is 72.4 cm³/mol. The number of hydrogen-bond acceptors (Lipinski definition) is 6. The summed E-state index contributed by atoms with van der Waals surface area (Å²) in [6.45, 7) is 4.90. The first-order valence-corrected chi connectivity index (χ1v) is 5.84. The minimum Gasteiger partial charge on any atom is -0.410 e. The van der Waals surface area contributed by atoms with Crippen LogP contribution in [0.1, 0.15) is 0 Å². The van der Waals surface area contributed by atoms with Crippen molar-refractivity contribution in [2.75, 3.05) is 26.3 Å². The van der Waals surface area contributed by atoms with E-state index < -0.39 is 11.0 Å². The van der Waals surface area contributed by atoms with E-state index in [1.54, 1.807) is 0 Å². The van der Waals surface area contributed by atoms with Crippen molar-refractivity contribution in [1.29, 1.82) is 0 Å². The van der Waals surface area contributed by atoms with E-state index in [-0.39, 0.29) is 11.4 Å². The number of rotatable bonds is 8. The molecule has 0 aromatic heterocycles. The highest BCUT2D eigenvalue weighted by molar-refractivity contribution is 5.70. The zero-order valence-corrected chi connectivity index (χ0v) is 10.8. The van der Waals surface area contributed by atoms with Gasteiger partial charge in [0.2, 0.25) is 0 Å². The zero-order valence-electron chi connectivity index (χ0n) is 10.8. The summed E-state index contributed by atoms with van der Waals surface area (Å²) in [7, 11) is 0. The van der Waals surface area contributed by atoms with Gasteiger partial charge < -0.3 is 14.8 Å². The molecule has 1 amide bonds. The first kappa shape index (κ1) is 15.6. The molecule has 1 aromatic carbocycles. The van der Waals surface area contributed by atoms with E-state index in [0.29, 0.717) is 26.3 Å². The van der Waals surface area contributed by atoms with Gasteiger partial charge in [0.05, 0.1) is 24.7 Å². The minimum atomic E-state index is -0.649. The van der Waals surface area contributed by atoms with Crippen molar-refractivity contribution in [1.82, 2.24) is 5.32 Å². The summed E-state index contributed by atoms with van der Waals surface area (Å²) in [6, 6.07) is 5.22. The van der Waals surface area contributed by atoms with Crippen LogP contribution in [0.25, 0.3) is 0 Å². The highest BCUT2D eigenvalue weighted by Gasteiger charge is 2.07. The van der Waals surface area contributed by atoms with E-state index in [1.807, 2.05) is 0 Å². The van der Waals surface area contributed by atoms with Crippen LogP contribution in [0.2, 0.25) is 0 Å². The number of non-ortho nitro benzene ring substituents is 1. The van der Waals surface area contributed by atoms with E-state index in [4.69, 9.17) is 9.47 Å². The number of aliphatic imine (C=N–C) groups is 1. The molecule has 0 bridgehead atoms. The summed E-state index contributed by atoms with van der Waals surface area (Å²) in [5.74, 6) is 0.227. The van der Waals surface area contributed by atoms with Gasteiger partial charge in [-0.2, -0.15) is 0 Å². The van der Waals surface area contributed by atoms with Crippen molar-refractivity contribution in [3.8, 4) is 5.75 Å². The highest BCUT2D eigenvalue weighted by Crippen LogP contribution is 2.17. The summed E-state index contributed by atoms with van der Waals surface area (Å²) in [5, 5.41) is 12.9. The molecule has 20 heavy (non-hydrogen) atoms. The third-order valence-corrected chi connectivity index (χ3v) is 2.17. The lowest BCUT2D eigenvalue weighted by molar-refractivity contribution is -0.384. The maximum Gasteiger partial charge on any atom is 0.412 e. The van der Waals surface area contributed by atoms with Crippen LogP contribution in [0.5, 0.6) is 5.75 Å². The van der Waals surface area contributed by atoms with Crippen LogP contribution in [0.4, 0.5) is 10.5 Å². The summed E-state index contributed by atoms with van der Waals surface area (Å²) in [6.07, 6.45) is -0.649. The van der Waals surface area contributed by atoms with E-state index in [0.717, 1.165) is 0 Å². The first-order valence-electron chi connectivity index (χ1n) is 5.84. The molecular formula is C12H15N3O5. The Morgan fingerprint density at radius 3 is 2.65 bits per heavy atom. The molecule has 0 aliphatic heterocycles. The maximum absolute atomic E-state index is 11.4. The number of nitro groups is 1. The first-order chi connectivity index (χ1) is 9.63. The lowest BCUT2D eigenvalue weighted by Gasteiger charge is -2.06. The van der Waals surface area contributed by atoms with Gasteiger partial charge in [-0.15, -0.1) is 0 Å². The second-order valence-electron chi connectivity index (χ2n) is 3.63. The Labute approximate surface area is 115 Å². The molecule has 0 heterocycles. The van der Waals surface area contributed by atoms with Gasteiger partial charge in [-0.1, -0.05) is 0 Å². The predicted octanol–water partition coefficient (Wildman–Crippen LogP) is 1.40. The number of carbonyl (C=O) groups is 1. The lowest BCUT2D eigenvalue weighted by Crippen LogP contribution is -2.30. The van der Waals surface area contributed by atoms with Crippen LogP contribution in [0, 0.1) is 10.1 Å². The number of hydrogen-bond donors (Lipinski definition) is 1. The Bertz CT molecular complexity index is 461. The number of amides is 1. The second kappa shape index (κ2) is 8.59. The third kappa shape index (κ3) is 5.91. The monoisotopic (exact) mass is 281 g/mol. The van der Waals surface area contributed by atoms with Gasteiger partial charge in [0, 0.05) is 18.7 Å². The Kier molecular flexibility index (Phi) is 6.69. The number of nitro benzene ring substituents is 1. The molecule has 0 fully saturated rings. The van der Waals surface area contributed by atoms with Gasteiger partial charge in [-0.25, -0.2) is 4.79 Å². The quantitative estimate of drug-likeness (QED) is 0.336. The molecule has 0 radical (unpaired) electrons. The highest BCUT2D eigenvalue weighted by atomic mass is 16.6. The summed E-state index contributed by atoms with van der Waals surface area (Å²) in [4.78, 5) is 24.9. The molecule has 0 saturated carbocycles. The van der Waals surface area contributed by atoms with Crippen LogP contribution < -0.4 is 10.1 Å². The molecule has 0 aliphatic carbocycles. The van der Waals surface area contributed by atoms with Gasteiger partial charge in [0.25, 0.3) is 5.69 Å². The summed E-state index contributed by atoms with van der Waals surface area (Å²) >= 11 is 0. The average molecular weight is 281 g/mol. The molecule has 0 spiro atoms. The van der Waals surface area contributed by atoms with E-state index in [9.17, 15) is 14.9 Å². The fourth-order valence-electron chi connectivity index (χ4n) is 1.24. The summed E-state index contributed by atoms with van der Waals surface area (Å²) in [5.41, 5.74) is -0.0676. The SMILES string of the molecule is C=NCCOCCNC(=O)Oc1ccc([N+](=O)[O-])cc1.